The zero-order valence-corrected chi connectivity index (χ0v) is 11.9. The van der Waals surface area contributed by atoms with Crippen LogP contribution in [0, 0.1) is 0 Å². The molecule has 0 radical (unpaired) electrons. The SMILES string of the molecule is O=C(Cc1cc(C(F)(F)F)cc(C(F)(F)F)c1)N[C@H]1CCOC1=O. The summed E-state index contributed by atoms with van der Waals surface area (Å²) < 4.78 is 80.9. The van der Waals surface area contributed by atoms with Crippen molar-refractivity contribution >= 4 is 11.9 Å². The van der Waals surface area contributed by atoms with Crippen LogP contribution in [0.3, 0.4) is 0 Å². The number of carbonyl (C=O) groups is 2. The quantitative estimate of drug-likeness (QED) is 0.670. The minimum absolute atomic E-state index is 0.0181. The van der Waals surface area contributed by atoms with Gasteiger partial charge in [0.1, 0.15) is 6.04 Å². The highest BCUT2D eigenvalue weighted by atomic mass is 19.4. The molecule has 1 heterocycles. The molecule has 0 aromatic heterocycles. The van der Waals surface area contributed by atoms with Crippen LogP contribution in [0.4, 0.5) is 26.3 Å². The topological polar surface area (TPSA) is 55.4 Å². The average molecular weight is 355 g/mol. The number of amides is 1. The second-order valence-electron chi connectivity index (χ2n) is 5.17. The van der Waals surface area contributed by atoms with Gasteiger partial charge in [-0.2, -0.15) is 26.3 Å². The van der Waals surface area contributed by atoms with Crippen molar-refractivity contribution in [2.24, 2.45) is 0 Å². The van der Waals surface area contributed by atoms with Crippen LogP contribution >= 0.6 is 0 Å². The Labute approximate surface area is 131 Å². The lowest BCUT2D eigenvalue weighted by Gasteiger charge is -2.14. The fraction of sp³-hybridized carbons (Fsp3) is 0.429. The Morgan fingerprint density at radius 1 is 1.08 bits per heavy atom. The Kier molecular flexibility index (Phi) is 4.77. The van der Waals surface area contributed by atoms with Crippen molar-refractivity contribution in [1.29, 1.82) is 0 Å². The summed E-state index contributed by atoms with van der Waals surface area (Å²) in [7, 11) is 0. The van der Waals surface area contributed by atoms with E-state index in [0.29, 0.717) is 12.1 Å². The van der Waals surface area contributed by atoms with Gasteiger partial charge in [-0.3, -0.25) is 4.79 Å². The number of ether oxygens (including phenoxy) is 1. The largest absolute Gasteiger partial charge is 0.464 e. The zero-order valence-electron chi connectivity index (χ0n) is 11.9. The monoisotopic (exact) mass is 355 g/mol. The van der Waals surface area contributed by atoms with Gasteiger partial charge in [0, 0.05) is 6.42 Å². The number of cyclic esters (lactones) is 1. The minimum Gasteiger partial charge on any atom is -0.464 e. The molecule has 0 aliphatic carbocycles. The van der Waals surface area contributed by atoms with E-state index in [-0.39, 0.29) is 19.1 Å². The van der Waals surface area contributed by atoms with Gasteiger partial charge >= 0.3 is 18.3 Å². The fourth-order valence-corrected chi connectivity index (χ4v) is 2.18. The van der Waals surface area contributed by atoms with Crippen molar-refractivity contribution in [3.63, 3.8) is 0 Å². The predicted molar refractivity (Wildman–Crippen MR) is 67.7 cm³/mol. The van der Waals surface area contributed by atoms with Crippen LogP contribution in [0.25, 0.3) is 0 Å². The van der Waals surface area contributed by atoms with Crippen LogP contribution in [-0.2, 0) is 33.1 Å². The van der Waals surface area contributed by atoms with Crippen molar-refractivity contribution in [1.82, 2.24) is 5.32 Å². The number of hydrogen-bond acceptors (Lipinski definition) is 3. The normalized spacial score (nSPS) is 18.4. The van der Waals surface area contributed by atoms with Gasteiger partial charge in [-0.1, -0.05) is 0 Å². The molecular formula is C14H11F6NO3. The Morgan fingerprint density at radius 2 is 1.62 bits per heavy atom. The highest BCUT2D eigenvalue weighted by Gasteiger charge is 2.37. The van der Waals surface area contributed by atoms with Gasteiger partial charge in [0.25, 0.3) is 0 Å². The third-order valence-electron chi connectivity index (χ3n) is 3.28. The third-order valence-corrected chi connectivity index (χ3v) is 3.28. The first-order valence-electron chi connectivity index (χ1n) is 6.71. The highest BCUT2D eigenvalue weighted by Crippen LogP contribution is 2.36. The number of nitrogens with one attached hydrogen (secondary N) is 1. The van der Waals surface area contributed by atoms with E-state index in [0.717, 1.165) is 0 Å². The summed E-state index contributed by atoms with van der Waals surface area (Å²) in [6.07, 6.45) is -10.5. The molecule has 1 fully saturated rings. The number of rotatable bonds is 3. The van der Waals surface area contributed by atoms with Crippen molar-refractivity contribution < 1.29 is 40.7 Å². The van der Waals surface area contributed by atoms with Crippen LogP contribution in [0.5, 0.6) is 0 Å². The summed E-state index contributed by atoms with van der Waals surface area (Å²) in [6, 6.07) is -0.00958. The molecule has 0 saturated carbocycles. The summed E-state index contributed by atoms with van der Waals surface area (Å²) in [5.41, 5.74) is -3.46. The molecular weight excluding hydrogens is 344 g/mol. The molecule has 1 N–H and O–H groups in total. The van der Waals surface area contributed by atoms with Crippen molar-refractivity contribution in [3.8, 4) is 0 Å². The number of halogens is 6. The van der Waals surface area contributed by atoms with Crippen molar-refractivity contribution in [2.45, 2.75) is 31.2 Å². The number of esters is 1. The van der Waals surface area contributed by atoms with Crippen LogP contribution in [0.15, 0.2) is 18.2 Å². The fourth-order valence-electron chi connectivity index (χ4n) is 2.18. The lowest BCUT2D eigenvalue weighted by Crippen LogP contribution is -2.38. The lowest BCUT2D eigenvalue weighted by atomic mass is 10.0. The Hall–Kier alpha value is -2.26. The van der Waals surface area contributed by atoms with E-state index >= 15 is 0 Å². The molecule has 1 atom stereocenters. The maximum Gasteiger partial charge on any atom is 0.416 e. The first-order chi connectivity index (χ1) is 11.0. The first kappa shape index (κ1) is 18.1. The number of benzene rings is 1. The van der Waals surface area contributed by atoms with Gasteiger partial charge in [0.2, 0.25) is 5.91 Å². The summed E-state index contributed by atoms with van der Waals surface area (Å²) in [4.78, 5) is 23.0. The molecule has 1 saturated heterocycles. The van der Waals surface area contributed by atoms with Crippen LogP contribution in [0.1, 0.15) is 23.1 Å². The van der Waals surface area contributed by atoms with E-state index < -0.39 is 53.4 Å². The second kappa shape index (κ2) is 6.33. The number of hydrogen-bond donors (Lipinski definition) is 1. The van der Waals surface area contributed by atoms with Gasteiger partial charge in [-0.15, -0.1) is 0 Å². The smallest absolute Gasteiger partial charge is 0.416 e. The van der Waals surface area contributed by atoms with E-state index in [1.54, 1.807) is 0 Å². The second-order valence-corrected chi connectivity index (χ2v) is 5.17. The van der Waals surface area contributed by atoms with E-state index in [2.05, 4.69) is 10.1 Å². The molecule has 1 amide bonds. The van der Waals surface area contributed by atoms with Crippen LogP contribution in [-0.4, -0.2) is 24.5 Å². The van der Waals surface area contributed by atoms with E-state index in [4.69, 9.17) is 0 Å². The third kappa shape index (κ3) is 4.39. The van der Waals surface area contributed by atoms with Gasteiger partial charge in [-0.25, -0.2) is 4.79 Å². The molecule has 0 bridgehead atoms. The number of carbonyl (C=O) groups excluding carboxylic acids is 2. The van der Waals surface area contributed by atoms with Crippen molar-refractivity contribution in [2.75, 3.05) is 6.61 Å². The van der Waals surface area contributed by atoms with Crippen LogP contribution in [0.2, 0.25) is 0 Å². The number of alkyl halides is 6. The zero-order chi connectivity index (χ0) is 18.1. The van der Waals surface area contributed by atoms with E-state index in [1.807, 2.05) is 0 Å². The molecule has 0 unspecified atom stereocenters. The predicted octanol–water partition coefficient (Wildman–Crippen LogP) is 2.70. The molecule has 1 aliphatic rings. The van der Waals surface area contributed by atoms with E-state index in [1.165, 1.54) is 0 Å². The molecule has 1 aromatic rings. The lowest BCUT2D eigenvalue weighted by molar-refractivity contribution is -0.143. The van der Waals surface area contributed by atoms with Crippen LogP contribution < -0.4 is 5.32 Å². The molecule has 0 spiro atoms. The minimum atomic E-state index is -4.98. The maximum absolute atomic E-state index is 12.7. The molecule has 24 heavy (non-hydrogen) atoms. The Morgan fingerprint density at radius 3 is 2.04 bits per heavy atom. The van der Waals surface area contributed by atoms with Gasteiger partial charge < -0.3 is 10.1 Å². The molecule has 132 valence electrons. The Balaban J connectivity index is 2.22. The van der Waals surface area contributed by atoms with Gasteiger partial charge in [0.15, 0.2) is 0 Å². The standard InChI is InChI=1S/C14H11F6NO3/c15-13(16,17)8-3-7(4-9(6-8)14(18,19)20)5-11(22)21-10-1-2-24-12(10)23/h3-4,6,10H,1-2,5H2,(H,21,22)/t10-/m0/s1. The highest BCUT2D eigenvalue weighted by molar-refractivity contribution is 5.86. The van der Waals surface area contributed by atoms with Gasteiger partial charge in [-0.05, 0) is 23.8 Å². The first-order valence-corrected chi connectivity index (χ1v) is 6.71. The van der Waals surface area contributed by atoms with Gasteiger partial charge in [0.05, 0.1) is 24.2 Å². The molecule has 10 heteroatoms. The molecule has 1 aliphatic heterocycles. The van der Waals surface area contributed by atoms with E-state index in [9.17, 15) is 35.9 Å². The summed E-state index contributed by atoms with van der Waals surface area (Å²) in [6.45, 7) is 0.0888. The molecule has 1 aromatic carbocycles. The summed E-state index contributed by atoms with van der Waals surface area (Å²) in [5.74, 6) is -1.56. The molecule has 2 rings (SSSR count). The molecule has 4 nitrogen and oxygen atoms in total. The average Bonchev–Trinajstić information content (AvgIpc) is 2.81. The maximum atomic E-state index is 12.7. The summed E-state index contributed by atoms with van der Waals surface area (Å²) in [5, 5.41) is 2.22. The van der Waals surface area contributed by atoms with Crippen molar-refractivity contribution in [3.05, 3.63) is 34.9 Å². The Bertz CT molecular complexity index is 621. The summed E-state index contributed by atoms with van der Waals surface area (Å²) >= 11 is 0.